The van der Waals surface area contributed by atoms with Crippen molar-refractivity contribution >= 4 is 35.0 Å². The van der Waals surface area contributed by atoms with Crippen LogP contribution in [0.5, 0.6) is 17.2 Å². The summed E-state index contributed by atoms with van der Waals surface area (Å²) in [5.41, 5.74) is 0.490. The standard InChI is InChI=1S/C19H18ClN3O4S/c1-12-21-18(23-27-12)10-28-11-19(24)22-16-9-13(20)3-8-17(16)26-15-6-4-14(25-2)5-7-15/h3-9H,10-11H2,1-2H3,(H,22,24). The van der Waals surface area contributed by atoms with Gasteiger partial charge < -0.3 is 19.3 Å². The van der Waals surface area contributed by atoms with E-state index in [-0.39, 0.29) is 11.7 Å². The molecule has 9 heteroatoms. The molecule has 0 aliphatic rings. The number of methoxy groups -OCH3 is 1. The highest BCUT2D eigenvalue weighted by molar-refractivity contribution is 7.99. The van der Waals surface area contributed by atoms with Crippen molar-refractivity contribution in [1.82, 2.24) is 10.1 Å². The predicted molar refractivity (Wildman–Crippen MR) is 108 cm³/mol. The van der Waals surface area contributed by atoms with E-state index in [2.05, 4.69) is 15.5 Å². The Morgan fingerprint density at radius 3 is 2.64 bits per heavy atom. The van der Waals surface area contributed by atoms with Crippen LogP contribution in [-0.2, 0) is 10.5 Å². The molecule has 1 N–H and O–H groups in total. The first-order valence-electron chi connectivity index (χ1n) is 8.32. The number of carbonyl (C=O) groups is 1. The minimum atomic E-state index is -0.188. The van der Waals surface area contributed by atoms with Gasteiger partial charge in [0, 0.05) is 11.9 Å². The maximum Gasteiger partial charge on any atom is 0.234 e. The zero-order valence-corrected chi connectivity index (χ0v) is 16.8. The van der Waals surface area contributed by atoms with Crippen molar-refractivity contribution in [1.29, 1.82) is 0 Å². The van der Waals surface area contributed by atoms with Gasteiger partial charge in [-0.1, -0.05) is 16.8 Å². The number of benzene rings is 2. The summed E-state index contributed by atoms with van der Waals surface area (Å²) in [6.45, 7) is 1.72. The lowest BCUT2D eigenvalue weighted by atomic mass is 10.2. The van der Waals surface area contributed by atoms with Crippen molar-refractivity contribution in [2.75, 3.05) is 18.2 Å². The zero-order valence-electron chi connectivity index (χ0n) is 15.3. The third-order valence-electron chi connectivity index (χ3n) is 3.54. The number of rotatable bonds is 8. The Morgan fingerprint density at radius 1 is 1.21 bits per heavy atom. The first-order valence-corrected chi connectivity index (χ1v) is 9.85. The molecule has 3 aromatic rings. The Bertz CT molecular complexity index is 947. The molecule has 0 radical (unpaired) electrons. The molecule has 0 unspecified atom stereocenters. The predicted octanol–water partition coefficient (Wildman–Crippen LogP) is 4.70. The molecule has 0 spiro atoms. The van der Waals surface area contributed by atoms with Crippen LogP contribution in [0.3, 0.4) is 0 Å². The van der Waals surface area contributed by atoms with Gasteiger partial charge in [-0.3, -0.25) is 4.79 Å². The van der Waals surface area contributed by atoms with Crippen LogP contribution in [0.15, 0.2) is 47.0 Å². The second kappa shape index (κ2) is 9.48. The second-order valence-corrected chi connectivity index (χ2v) is 7.11. The fourth-order valence-electron chi connectivity index (χ4n) is 2.28. The number of amides is 1. The summed E-state index contributed by atoms with van der Waals surface area (Å²) >= 11 is 7.45. The molecular weight excluding hydrogens is 402 g/mol. The van der Waals surface area contributed by atoms with Crippen molar-refractivity contribution in [2.24, 2.45) is 0 Å². The van der Waals surface area contributed by atoms with E-state index in [0.717, 1.165) is 5.75 Å². The largest absolute Gasteiger partial charge is 0.497 e. The minimum absolute atomic E-state index is 0.188. The topological polar surface area (TPSA) is 86.5 Å². The van der Waals surface area contributed by atoms with Gasteiger partial charge in [-0.15, -0.1) is 11.8 Å². The van der Waals surface area contributed by atoms with Crippen molar-refractivity contribution in [2.45, 2.75) is 12.7 Å². The van der Waals surface area contributed by atoms with Crippen molar-refractivity contribution in [3.8, 4) is 17.2 Å². The number of carbonyl (C=O) groups excluding carboxylic acids is 1. The third kappa shape index (κ3) is 5.64. The Hall–Kier alpha value is -2.71. The van der Waals surface area contributed by atoms with Gasteiger partial charge in [-0.2, -0.15) is 4.98 Å². The Labute approximate surface area is 171 Å². The molecule has 0 aliphatic carbocycles. The second-order valence-electron chi connectivity index (χ2n) is 5.69. The highest BCUT2D eigenvalue weighted by Gasteiger charge is 2.11. The number of halogens is 1. The van der Waals surface area contributed by atoms with Crippen LogP contribution in [0, 0.1) is 6.92 Å². The smallest absolute Gasteiger partial charge is 0.234 e. The van der Waals surface area contributed by atoms with Crippen molar-refractivity contribution < 1.29 is 18.8 Å². The first kappa shape index (κ1) is 20.0. The summed E-state index contributed by atoms with van der Waals surface area (Å²) < 4.78 is 15.9. The fourth-order valence-corrected chi connectivity index (χ4v) is 3.11. The molecule has 3 rings (SSSR count). The lowest BCUT2D eigenvalue weighted by molar-refractivity contribution is -0.113. The summed E-state index contributed by atoms with van der Waals surface area (Å²) in [5, 5.41) is 7.12. The number of nitrogens with one attached hydrogen (secondary N) is 1. The molecule has 0 fully saturated rings. The Kier molecular flexibility index (Phi) is 6.78. The number of thioether (sulfide) groups is 1. The Balaban J connectivity index is 1.61. The van der Waals surface area contributed by atoms with Gasteiger partial charge in [0.25, 0.3) is 0 Å². The molecule has 1 amide bonds. The third-order valence-corrected chi connectivity index (χ3v) is 4.70. The van der Waals surface area contributed by atoms with Gasteiger partial charge >= 0.3 is 0 Å². The molecule has 0 saturated heterocycles. The SMILES string of the molecule is COc1ccc(Oc2ccc(Cl)cc2NC(=O)CSCc2noc(C)n2)cc1. The van der Waals surface area contributed by atoms with E-state index in [0.29, 0.717) is 39.7 Å². The highest BCUT2D eigenvalue weighted by atomic mass is 35.5. The van der Waals surface area contributed by atoms with Crippen LogP contribution in [0.2, 0.25) is 5.02 Å². The number of hydrogen-bond donors (Lipinski definition) is 1. The summed E-state index contributed by atoms with van der Waals surface area (Å²) in [6, 6.07) is 12.2. The molecule has 0 aliphatic heterocycles. The van der Waals surface area contributed by atoms with Gasteiger partial charge in [0.15, 0.2) is 11.6 Å². The summed E-state index contributed by atoms with van der Waals surface area (Å²) in [4.78, 5) is 16.4. The lowest BCUT2D eigenvalue weighted by Crippen LogP contribution is -2.15. The molecule has 2 aromatic carbocycles. The fraction of sp³-hybridized carbons (Fsp3) is 0.211. The van der Waals surface area contributed by atoms with Gasteiger partial charge in [-0.25, -0.2) is 0 Å². The number of ether oxygens (including phenoxy) is 2. The zero-order chi connectivity index (χ0) is 19.9. The van der Waals surface area contributed by atoms with Gasteiger partial charge in [0.05, 0.1) is 24.3 Å². The van der Waals surface area contributed by atoms with Crippen LogP contribution in [0.1, 0.15) is 11.7 Å². The number of aryl methyl sites for hydroxylation is 1. The highest BCUT2D eigenvalue weighted by Crippen LogP contribution is 2.32. The summed E-state index contributed by atoms with van der Waals surface area (Å²) in [7, 11) is 1.60. The van der Waals surface area contributed by atoms with Crippen LogP contribution in [-0.4, -0.2) is 28.9 Å². The molecule has 146 valence electrons. The van der Waals surface area contributed by atoms with E-state index in [1.807, 2.05) is 0 Å². The Morgan fingerprint density at radius 2 is 1.96 bits per heavy atom. The van der Waals surface area contributed by atoms with Crippen LogP contribution in [0.4, 0.5) is 5.69 Å². The maximum atomic E-state index is 12.3. The van der Waals surface area contributed by atoms with Crippen LogP contribution < -0.4 is 14.8 Å². The monoisotopic (exact) mass is 419 g/mol. The summed E-state index contributed by atoms with van der Waals surface area (Å²) in [6.07, 6.45) is 0. The van der Waals surface area contributed by atoms with E-state index in [9.17, 15) is 4.79 Å². The van der Waals surface area contributed by atoms with E-state index in [1.54, 1.807) is 56.5 Å². The summed E-state index contributed by atoms with van der Waals surface area (Å²) in [5.74, 6) is 3.40. The lowest BCUT2D eigenvalue weighted by Gasteiger charge is -2.13. The van der Waals surface area contributed by atoms with Gasteiger partial charge in [0.1, 0.15) is 11.5 Å². The number of anilines is 1. The number of hydrogen-bond acceptors (Lipinski definition) is 7. The van der Waals surface area contributed by atoms with E-state index in [4.69, 9.17) is 25.6 Å². The number of nitrogens with zero attached hydrogens (tertiary/aromatic N) is 2. The van der Waals surface area contributed by atoms with E-state index in [1.165, 1.54) is 11.8 Å². The minimum Gasteiger partial charge on any atom is -0.497 e. The normalized spacial score (nSPS) is 10.5. The average molecular weight is 420 g/mol. The van der Waals surface area contributed by atoms with E-state index >= 15 is 0 Å². The van der Waals surface area contributed by atoms with Gasteiger partial charge in [-0.05, 0) is 42.5 Å². The average Bonchev–Trinajstić information content (AvgIpc) is 3.09. The quantitative estimate of drug-likeness (QED) is 0.566. The van der Waals surface area contributed by atoms with Crippen molar-refractivity contribution in [3.63, 3.8) is 0 Å². The molecule has 7 nitrogen and oxygen atoms in total. The molecule has 0 bridgehead atoms. The molecular formula is C19H18ClN3O4S. The van der Waals surface area contributed by atoms with E-state index < -0.39 is 0 Å². The molecule has 1 aromatic heterocycles. The molecule has 0 saturated carbocycles. The molecule has 28 heavy (non-hydrogen) atoms. The molecule has 1 heterocycles. The van der Waals surface area contributed by atoms with Gasteiger partial charge in [0.2, 0.25) is 11.8 Å². The number of aromatic nitrogens is 2. The van der Waals surface area contributed by atoms with Crippen LogP contribution in [0.25, 0.3) is 0 Å². The maximum absolute atomic E-state index is 12.3. The molecule has 0 atom stereocenters. The van der Waals surface area contributed by atoms with Crippen molar-refractivity contribution in [3.05, 3.63) is 59.2 Å². The first-order chi connectivity index (χ1) is 13.5. The van der Waals surface area contributed by atoms with Crippen LogP contribution >= 0.6 is 23.4 Å².